The fourth-order valence-electron chi connectivity index (χ4n) is 5.86. The Hall–Kier alpha value is -3.01. The number of nitrogens with zero attached hydrogens (tertiary/aromatic N) is 2. The minimum absolute atomic E-state index is 0.141. The maximum absolute atomic E-state index is 13.8. The summed E-state index contributed by atoms with van der Waals surface area (Å²) in [6.45, 7) is -0.875. The minimum atomic E-state index is -2.10. The third-order valence-electron chi connectivity index (χ3n) is 7.39. The van der Waals surface area contributed by atoms with E-state index in [0.717, 1.165) is 4.47 Å². The molecule has 2 N–H and O–H groups in total. The molecule has 188 valence electrons. The van der Waals surface area contributed by atoms with Crippen molar-refractivity contribution < 1.29 is 28.9 Å². The van der Waals surface area contributed by atoms with Crippen molar-refractivity contribution in [3.05, 3.63) is 88.2 Å². The van der Waals surface area contributed by atoms with Crippen LogP contribution >= 0.6 is 15.9 Å². The first-order valence-electron chi connectivity index (χ1n) is 11.5. The molecule has 9 heteroatoms. The van der Waals surface area contributed by atoms with Crippen LogP contribution in [0.4, 0.5) is 4.39 Å². The maximum Gasteiger partial charge on any atom is 0.229 e. The number of pyridine rings is 1. The van der Waals surface area contributed by atoms with Crippen molar-refractivity contribution in [2.75, 3.05) is 27.4 Å². The van der Waals surface area contributed by atoms with Gasteiger partial charge >= 0.3 is 0 Å². The molecular weight excluding hydrogens is 531 g/mol. The van der Waals surface area contributed by atoms with Gasteiger partial charge in [0.1, 0.15) is 24.3 Å². The van der Waals surface area contributed by atoms with E-state index in [2.05, 4.69) is 20.9 Å². The number of aliphatic hydroxyl groups is 2. The summed E-state index contributed by atoms with van der Waals surface area (Å²) in [4.78, 5) is 19.2. The molecule has 1 aromatic heterocycles. The number of halogens is 2. The van der Waals surface area contributed by atoms with E-state index in [1.807, 2.05) is 42.5 Å². The van der Waals surface area contributed by atoms with Crippen molar-refractivity contribution in [1.82, 2.24) is 9.88 Å². The van der Waals surface area contributed by atoms with Crippen LogP contribution in [-0.2, 0) is 16.0 Å². The number of ether oxygens (including phenoxy) is 2. The Morgan fingerprint density at radius 1 is 1.19 bits per heavy atom. The van der Waals surface area contributed by atoms with Gasteiger partial charge in [-0.15, -0.1) is 0 Å². The molecule has 0 radical (unpaired) electrons. The van der Waals surface area contributed by atoms with Crippen LogP contribution < -0.4 is 9.47 Å². The second-order valence-electron chi connectivity index (χ2n) is 9.13. The van der Waals surface area contributed by atoms with E-state index in [4.69, 9.17) is 9.47 Å². The summed E-state index contributed by atoms with van der Waals surface area (Å²) < 4.78 is 26.2. The molecule has 36 heavy (non-hydrogen) atoms. The molecule has 5 atom stereocenters. The number of rotatable bonds is 6. The molecule has 7 nitrogen and oxygen atoms in total. The first-order valence-corrected chi connectivity index (χ1v) is 12.3. The first-order chi connectivity index (χ1) is 17.3. The van der Waals surface area contributed by atoms with E-state index in [9.17, 15) is 19.4 Å². The Morgan fingerprint density at radius 2 is 1.89 bits per heavy atom. The highest BCUT2D eigenvalue weighted by molar-refractivity contribution is 9.10. The molecule has 1 saturated carbocycles. The molecule has 0 spiro atoms. The van der Waals surface area contributed by atoms with Gasteiger partial charge in [-0.2, -0.15) is 0 Å². The molecule has 5 unspecified atom stereocenters. The second-order valence-corrected chi connectivity index (χ2v) is 10.0. The molecule has 5 rings (SSSR count). The molecule has 2 heterocycles. The Balaban J connectivity index is 1.85. The van der Waals surface area contributed by atoms with Crippen molar-refractivity contribution in [3.63, 3.8) is 0 Å². The van der Waals surface area contributed by atoms with E-state index in [-0.39, 0.29) is 23.6 Å². The lowest BCUT2D eigenvalue weighted by Crippen LogP contribution is -2.52. The smallest absolute Gasteiger partial charge is 0.229 e. The summed E-state index contributed by atoms with van der Waals surface area (Å²) in [5, 5.41) is 24.6. The largest absolute Gasteiger partial charge is 0.495 e. The van der Waals surface area contributed by atoms with E-state index in [1.165, 1.54) is 31.5 Å². The quantitative estimate of drug-likeness (QED) is 0.482. The highest BCUT2D eigenvalue weighted by atomic mass is 79.9. The van der Waals surface area contributed by atoms with Gasteiger partial charge in [0.15, 0.2) is 11.2 Å². The maximum atomic E-state index is 13.8. The highest BCUT2D eigenvalue weighted by Crippen LogP contribution is 2.69. The van der Waals surface area contributed by atoms with Crippen LogP contribution in [0.1, 0.15) is 22.6 Å². The zero-order chi connectivity index (χ0) is 25.7. The van der Waals surface area contributed by atoms with E-state index in [1.54, 1.807) is 12.1 Å². The standard InChI is InChI=1S/C27H26BrFN2O5/c1-31(13-12-29)25(33)21-22(16-6-4-3-5-7-16)27(17-8-10-18(28)11-9-17)26(34,24(21)32)23-19(35-2)14-30-15-20(23)36-27/h3-11,14-15,21-22,24,32,34H,12-13H2,1-2H3. The number of carbonyl (C=O) groups excluding carboxylic acids is 1. The summed E-state index contributed by atoms with van der Waals surface area (Å²) in [7, 11) is 2.92. The number of aromatic nitrogens is 1. The van der Waals surface area contributed by atoms with Crippen LogP contribution in [0.3, 0.4) is 0 Å². The van der Waals surface area contributed by atoms with Gasteiger partial charge in [0.2, 0.25) is 5.91 Å². The van der Waals surface area contributed by atoms with Crippen LogP contribution in [0.2, 0.25) is 0 Å². The Morgan fingerprint density at radius 3 is 2.53 bits per heavy atom. The van der Waals surface area contributed by atoms with Gasteiger partial charge in [-0.05, 0) is 23.3 Å². The summed E-state index contributed by atoms with van der Waals surface area (Å²) in [6.07, 6.45) is 1.29. The number of carbonyl (C=O) groups is 1. The Bertz CT molecular complexity index is 1280. The number of amides is 1. The van der Waals surface area contributed by atoms with Crippen LogP contribution in [0.15, 0.2) is 71.5 Å². The number of alkyl halides is 1. The molecule has 2 aromatic carbocycles. The molecule has 1 aliphatic carbocycles. The van der Waals surface area contributed by atoms with E-state index >= 15 is 0 Å². The summed E-state index contributed by atoms with van der Waals surface area (Å²) in [5.41, 5.74) is -2.25. The zero-order valence-electron chi connectivity index (χ0n) is 19.8. The van der Waals surface area contributed by atoms with Crippen LogP contribution in [0.25, 0.3) is 0 Å². The van der Waals surface area contributed by atoms with Gasteiger partial charge in [0, 0.05) is 24.0 Å². The lowest BCUT2D eigenvalue weighted by atomic mass is 9.70. The van der Waals surface area contributed by atoms with Crippen molar-refractivity contribution in [3.8, 4) is 11.5 Å². The zero-order valence-corrected chi connectivity index (χ0v) is 21.4. The number of fused-ring (bicyclic) bond motifs is 3. The monoisotopic (exact) mass is 556 g/mol. The minimum Gasteiger partial charge on any atom is -0.495 e. The topological polar surface area (TPSA) is 92.1 Å². The molecule has 1 amide bonds. The van der Waals surface area contributed by atoms with Gasteiger partial charge in [-0.25, -0.2) is 4.39 Å². The van der Waals surface area contributed by atoms with Gasteiger partial charge < -0.3 is 24.6 Å². The van der Waals surface area contributed by atoms with Crippen molar-refractivity contribution in [2.45, 2.75) is 23.2 Å². The normalized spacial score (nSPS) is 28.2. The summed E-state index contributed by atoms with van der Waals surface area (Å²) >= 11 is 3.45. The molecule has 0 bridgehead atoms. The lowest BCUT2D eigenvalue weighted by Gasteiger charge is -2.40. The molecule has 1 aliphatic heterocycles. The molecule has 2 aliphatic rings. The number of hydrogen-bond donors (Lipinski definition) is 2. The van der Waals surface area contributed by atoms with Gasteiger partial charge in [-0.3, -0.25) is 9.78 Å². The molecule has 0 saturated heterocycles. The molecule has 3 aromatic rings. The number of benzene rings is 2. The van der Waals surface area contributed by atoms with Crippen LogP contribution in [-0.4, -0.2) is 59.5 Å². The van der Waals surface area contributed by atoms with Crippen LogP contribution in [0.5, 0.6) is 11.5 Å². The van der Waals surface area contributed by atoms with Gasteiger partial charge in [0.05, 0.1) is 31.0 Å². The fraction of sp³-hybridized carbons (Fsp3) is 0.333. The SMILES string of the molecule is COc1cncc2c1C1(O)C(O)C(C(=O)N(C)CCF)C(c3ccccc3)C1(c1ccc(Br)cc1)O2. The highest BCUT2D eigenvalue weighted by Gasteiger charge is 2.78. The molecular formula is C27H26BrFN2O5. The van der Waals surface area contributed by atoms with Gasteiger partial charge in [-0.1, -0.05) is 58.4 Å². The average Bonchev–Trinajstić information content (AvgIpc) is 3.27. The fourth-order valence-corrected chi connectivity index (χ4v) is 6.12. The summed E-state index contributed by atoms with van der Waals surface area (Å²) in [6, 6.07) is 16.4. The first kappa shape index (κ1) is 24.7. The predicted molar refractivity (Wildman–Crippen MR) is 133 cm³/mol. The van der Waals surface area contributed by atoms with Crippen molar-refractivity contribution in [1.29, 1.82) is 0 Å². The third kappa shape index (κ3) is 3.29. The van der Waals surface area contributed by atoms with Crippen molar-refractivity contribution >= 4 is 21.8 Å². The predicted octanol–water partition coefficient (Wildman–Crippen LogP) is 3.53. The van der Waals surface area contributed by atoms with Crippen LogP contribution in [0, 0.1) is 5.92 Å². The summed E-state index contributed by atoms with van der Waals surface area (Å²) in [5.74, 6) is -2.01. The Labute approximate surface area is 216 Å². The second kappa shape index (κ2) is 9.14. The number of aliphatic hydroxyl groups excluding tert-OH is 1. The number of methoxy groups -OCH3 is 1. The van der Waals surface area contributed by atoms with Gasteiger partial charge in [0.25, 0.3) is 0 Å². The van der Waals surface area contributed by atoms with E-state index in [0.29, 0.717) is 11.1 Å². The molecule has 1 fully saturated rings. The van der Waals surface area contributed by atoms with Crippen molar-refractivity contribution in [2.24, 2.45) is 5.92 Å². The van der Waals surface area contributed by atoms with E-state index < -0.39 is 41.7 Å². The number of hydrogen-bond acceptors (Lipinski definition) is 6. The Kier molecular flexibility index (Phi) is 6.26. The third-order valence-corrected chi connectivity index (χ3v) is 7.92. The average molecular weight is 557 g/mol. The lowest BCUT2D eigenvalue weighted by molar-refractivity contribution is -0.156.